The predicted molar refractivity (Wildman–Crippen MR) is 59.5 cm³/mol. The number of ether oxygens (including phenoxy) is 1. The Bertz CT molecular complexity index is 369. The minimum absolute atomic E-state index is 0.220. The molecule has 4 heteroatoms. The van der Waals surface area contributed by atoms with Crippen LogP contribution in [0.25, 0.3) is 0 Å². The first-order valence-electron chi connectivity index (χ1n) is 6.14. The molecule has 1 N–H and O–H groups in total. The maximum atomic E-state index is 9.33. The second kappa shape index (κ2) is 4.18. The fourth-order valence-corrected chi connectivity index (χ4v) is 2.73. The Hall–Kier alpha value is -0.870. The third kappa shape index (κ3) is 1.66. The van der Waals surface area contributed by atoms with E-state index in [0.29, 0.717) is 5.92 Å². The molecule has 3 rings (SSSR count). The molecular weight excluding hydrogens is 204 g/mol. The summed E-state index contributed by atoms with van der Waals surface area (Å²) in [5.74, 6) is 1.79. The van der Waals surface area contributed by atoms with Crippen LogP contribution in [0.2, 0.25) is 0 Å². The zero-order valence-electron chi connectivity index (χ0n) is 9.43. The zero-order chi connectivity index (χ0) is 11.0. The molecule has 1 aromatic heterocycles. The minimum atomic E-state index is 0.220. The van der Waals surface area contributed by atoms with Gasteiger partial charge in [-0.3, -0.25) is 0 Å². The van der Waals surface area contributed by atoms with Gasteiger partial charge in [0.05, 0.1) is 18.9 Å². The molecule has 16 heavy (non-hydrogen) atoms. The van der Waals surface area contributed by atoms with Gasteiger partial charge in [0.25, 0.3) is 0 Å². The summed E-state index contributed by atoms with van der Waals surface area (Å²) < 4.78 is 7.62. The summed E-state index contributed by atoms with van der Waals surface area (Å²) >= 11 is 0. The number of aliphatic hydroxyl groups excluding tert-OH is 1. The quantitative estimate of drug-likeness (QED) is 0.819. The Morgan fingerprint density at radius 1 is 1.50 bits per heavy atom. The smallest absolute Gasteiger partial charge is 0.114 e. The van der Waals surface area contributed by atoms with Crippen molar-refractivity contribution in [1.82, 2.24) is 9.55 Å². The van der Waals surface area contributed by atoms with Gasteiger partial charge in [0.15, 0.2) is 0 Å². The molecule has 0 bridgehead atoms. The first-order chi connectivity index (χ1) is 7.88. The normalized spacial score (nSPS) is 29.3. The summed E-state index contributed by atoms with van der Waals surface area (Å²) in [6.45, 7) is 2.93. The second-order valence-corrected chi connectivity index (χ2v) is 4.80. The van der Waals surface area contributed by atoms with Gasteiger partial charge in [-0.05, 0) is 19.3 Å². The first kappa shape index (κ1) is 10.3. The highest BCUT2D eigenvalue weighted by Gasteiger charge is 2.26. The lowest BCUT2D eigenvalue weighted by molar-refractivity contribution is 0.193. The van der Waals surface area contributed by atoms with Crippen molar-refractivity contribution in [2.24, 2.45) is 0 Å². The molecule has 1 saturated heterocycles. The summed E-state index contributed by atoms with van der Waals surface area (Å²) in [6.07, 6.45) is 5.46. The Labute approximate surface area is 95.3 Å². The number of aromatic nitrogens is 2. The van der Waals surface area contributed by atoms with Crippen molar-refractivity contribution in [3.05, 3.63) is 17.7 Å². The van der Waals surface area contributed by atoms with Crippen molar-refractivity contribution >= 4 is 0 Å². The van der Waals surface area contributed by atoms with Crippen LogP contribution in [-0.4, -0.2) is 34.5 Å². The Morgan fingerprint density at radius 3 is 3.19 bits per heavy atom. The fraction of sp³-hybridized carbons (Fsp3) is 0.750. The molecule has 2 aliphatic heterocycles. The molecule has 2 unspecified atom stereocenters. The molecule has 2 aliphatic rings. The Morgan fingerprint density at radius 2 is 2.44 bits per heavy atom. The number of rotatable bonds is 2. The highest BCUT2D eigenvalue weighted by atomic mass is 16.5. The summed E-state index contributed by atoms with van der Waals surface area (Å²) in [5.41, 5.74) is 1.16. The standard InChI is InChI=1S/C12H18N2O2/c15-7-9-2-1-4-14-6-11(13-12(9)14)10-3-5-16-8-10/h6,9-10,15H,1-5,7-8H2. The van der Waals surface area contributed by atoms with Crippen LogP contribution in [0, 0.1) is 0 Å². The molecule has 0 amide bonds. The largest absolute Gasteiger partial charge is 0.396 e. The molecule has 0 radical (unpaired) electrons. The molecule has 0 saturated carbocycles. The Kier molecular flexibility index (Phi) is 2.69. The van der Waals surface area contributed by atoms with Gasteiger partial charge in [-0.1, -0.05) is 0 Å². The van der Waals surface area contributed by atoms with Gasteiger partial charge in [-0.25, -0.2) is 4.98 Å². The van der Waals surface area contributed by atoms with Gasteiger partial charge in [0.1, 0.15) is 5.82 Å². The topological polar surface area (TPSA) is 47.3 Å². The third-order valence-corrected chi connectivity index (χ3v) is 3.71. The van der Waals surface area contributed by atoms with E-state index in [-0.39, 0.29) is 12.5 Å². The molecule has 0 aliphatic carbocycles. The first-order valence-corrected chi connectivity index (χ1v) is 6.14. The molecular formula is C12H18N2O2. The van der Waals surface area contributed by atoms with Crippen molar-refractivity contribution < 1.29 is 9.84 Å². The van der Waals surface area contributed by atoms with Crippen LogP contribution in [0.5, 0.6) is 0 Å². The maximum Gasteiger partial charge on any atom is 0.114 e. The number of hydrogen-bond acceptors (Lipinski definition) is 3. The lowest BCUT2D eigenvalue weighted by Gasteiger charge is -2.21. The number of aliphatic hydroxyl groups is 1. The van der Waals surface area contributed by atoms with Crippen LogP contribution in [0.1, 0.15) is 42.6 Å². The molecule has 1 aromatic rings. The number of nitrogens with zero attached hydrogens (tertiary/aromatic N) is 2. The van der Waals surface area contributed by atoms with E-state index in [4.69, 9.17) is 9.72 Å². The SMILES string of the molecule is OCC1CCCn2cc(C3CCOC3)nc21. The van der Waals surface area contributed by atoms with E-state index in [1.165, 1.54) is 0 Å². The van der Waals surface area contributed by atoms with E-state index in [9.17, 15) is 5.11 Å². The molecule has 0 spiro atoms. The molecule has 88 valence electrons. The Balaban J connectivity index is 1.89. The van der Waals surface area contributed by atoms with E-state index in [2.05, 4.69) is 10.8 Å². The average molecular weight is 222 g/mol. The van der Waals surface area contributed by atoms with E-state index >= 15 is 0 Å². The average Bonchev–Trinajstić information content (AvgIpc) is 2.96. The van der Waals surface area contributed by atoms with Crippen molar-refractivity contribution in [1.29, 1.82) is 0 Å². The monoisotopic (exact) mass is 222 g/mol. The van der Waals surface area contributed by atoms with Crippen LogP contribution >= 0.6 is 0 Å². The lowest BCUT2D eigenvalue weighted by atomic mass is 10.0. The molecule has 0 aromatic carbocycles. The summed E-state index contributed by atoms with van der Waals surface area (Å²) in [4.78, 5) is 4.71. The van der Waals surface area contributed by atoms with Gasteiger partial charge in [0.2, 0.25) is 0 Å². The van der Waals surface area contributed by atoms with Crippen molar-refractivity contribution in [3.63, 3.8) is 0 Å². The van der Waals surface area contributed by atoms with E-state index in [0.717, 1.165) is 50.5 Å². The second-order valence-electron chi connectivity index (χ2n) is 4.80. The molecule has 3 heterocycles. The maximum absolute atomic E-state index is 9.33. The van der Waals surface area contributed by atoms with Crippen LogP contribution in [0.15, 0.2) is 6.20 Å². The van der Waals surface area contributed by atoms with Crippen molar-refractivity contribution in [2.45, 2.75) is 37.6 Å². The summed E-state index contributed by atoms with van der Waals surface area (Å²) in [5, 5.41) is 9.33. The summed E-state index contributed by atoms with van der Waals surface area (Å²) in [7, 11) is 0. The van der Waals surface area contributed by atoms with Crippen LogP contribution in [-0.2, 0) is 11.3 Å². The highest BCUT2D eigenvalue weighted by molar-refractivity contribution is 5.15. The number of hydrogen-bond donors (Lipinski definition) is 1. The zero-order valence-corrected chi connectivity index (χ0v) is 9.43. The van der Waals surface area contributed by atoms with Crippen LogP contribution < -0.4 is 0 Å². The fourth-order valence-electron chi connectivity index (χ4n) is 2.73. The van der Waals surface area contributed by atoms with Gasteiger partial charge < -0.3 is 14.4 Å². The summed E-state index contributed by atoms with van der Waals surface area (Å²) in [6, 6.07) is 0. The minimum Gasteiger partial charge on any atom is -0.396 e. The van der Waals surface area contributed by atoms with Crippen molar-refractivity contribution in [2.75, 3.05) is 19.8 Å². The predicted octanol–water partition coefficient (Wildman–Crippen LogP) is 1.26. The van der Waals surface area contributed by atoms with E-state index < -0.39 is 0 Å². The third-order valence-electron chi connectivity index (χ3n) is 3.71. The van der Waals surface area contributed by atoms with Crippen LogP contribution in [0.3, 0.4) is 0 Å². The highest BCUT2D eigenvalue weighted by Crippen LogP contribution is 2.30. The molecule has 2 atom stereocenters. The van der Waals surface area contributed by atoms with Gasteiger partial charge >= 0.3 is 0 Å². The van der Waals surface area contributed by atoms with Gasteiger partial charge in [0, 0.05) is 31.2 Å². The number of aryl methyl sites for hydroxylation is 1. The lowest BCUT2D eigenvalue weighted by Crippen LogP contribution is -2.18. The van der Waals surface area contributed by atoms with E-state index in [1.807, 2.05) is 0 Å². The van der Waals surface area contributed by atoms with Crippen LogP contribution in [0.4, 0.5) is 0 Å². The van der Waals surface area contributed by atoms with Crippen molar-refractivity contribution in [3.8, 4) is 0 Å². The molecule has 1 fully saturated rings. The van der Waals surface area contributed by atoms with E-state index in [1.54, 1.807) is 0 Å². The number of imidazole rings is 1. The van der Waals surface area contributed by atoms with Gasteiger partial charge in [-0.2, -0.15) is 0 Å². The number of fused-ring (bicyclic) bond motifs is 1. The molecule has 4 nitrogen and oxygen atoms in total. The van der Waals surface area contributed by atoms with Gasteiger partial charge in [-0.15, -0.1) is 0 Å².